The lowest BCUT2D eigenvalue weighted by atomic mass is 10.1. The van der Waals surface area contributed by atoms with Gasteiger partial charge >= 0.3 is 0 Å². The van der Waals surface area contributed by atoms with E-state index in [1.165, 1.54) is 0 Å². The Morgan fingerprint density at radius 3 is 2.71 bits per heavy atom. The molecular weight excluding hydrogens is 174 g/mol. The standard InChI is InChI=1S/C11H13N3/c1-9(14-8-4-7-13-14)10-5-2-3-6-11(10)12/h2-9H,12H2,1H3. The number of hydrogen-bond acceptors (Lipinski definition) is 2. The van der Waals surface area contributed by atoms with E-state index >= 15 is 0 Å². The minimum atomic E-state index is 0.186. The van der Waals surface area contributed by atoms with Crippen LogP contribution in [0.5, 0.6) is 0 Å². The molecule has 0 amide bonds. The zero-order valence-electron chi connectivity index (χ0n) is 8.09. The number of nitrogens with two attached hydrogens (primary N) is 1. The number of rotatable bonds is 2. The second kappa shape index (κ2) is 3.54. The highest BCUT2D eigenvalue weighted by Gasteiger charge is 2.09. The molecule has 2 rings (SSSR count). The molecule has 1 aromatic heterocycles. The van der Waals surface area contributed by atoms with Crippen molar-refractivity contribution in [3.63, 3.8) is 0 Å². The third kappa shape index (κ3) is 1.48. The van der Waals surface area contributed by atoms with Gasteiger partial charge < -0.3 is 5.73 Å². The van der Waals surface area contributed by atoms with Crippen LogP contribution in [0, 0.1) is 0 Å². The first-order valence-corrected chi connectivity index (χ1v) is 4.62. The fourth-order valence-electron chi connectivity index (χ4n) is 1.54. The second-order valence-corrected chi connectivity index (χ2v) is 3.29. The highest BCUT2D eigenvalue weighted by molar-refractivity contribution is 5.48. The molecule has 72 valence electrons. The minimum absolute atomic E-state index is 0.186. The Balaban J connectivity index is 2.37. The molecule has 0 aliphatic rings. The third-order valence-electron chi connectivity index (χ3n) is 2.37. The van der Waals surface area contributed by atoms with Crippen LogP contribution in [0.1, 0.15) is 18.5 Å². The SMILES string of the molecule is CC(c1ccccc1N)n1cccn1. The van der Waals surface area contributed by atoms with E-state index in [-0.39, 0.29) is 6.04 Å². The van der Waals surface area contributed by atoms with Gasteiger partial charge in [-0.25, -0.2) is 0 Å². The Bertz CT molecular complexity index is 406. The van der Waals surface area contributed by atoms with E-state index in [0.717, 1.165) is 11.3 Å². The summed E-state index contributed by atoms with van der Waals surface area (Å²) in [6.45, 7) is 2.08. The van der Waals surface area contributed by atoms with Gasteiger partial charge in [0, 0.05) is 18.1 Å². The first-order chi connectivity index (χ1) is 6.79. The molecule has 1 unspecified atom stereocenters. The van der Waals surface area contributed by atoms with Crippen molar-refractivity contribution in [3.8, 4) is 0 Å². The zero-order valence-corrected chi connectivity index (χ0v) is 8.09. The van der Waals surface area contributed by atoms with Crippen molar-refractivity contribution in [1.82, 2.24) is 9.78 Å². The molecule has 2 aromatic rings. The lowest BCUT2D eigenvalue weighted by molar-refractivity contribution is 0.566. The van der Waals surface area contributed by atoms with Gasteiger partial charge in [-0.2, -0.15) is 5.10 Å². The molecule has 0 saturated heterocycles. The quantitative estimate of drug-likeness (QED) is 0.731. The monoisotopic (exact) mass is 187 g/mol. The molecule has 0 spiro atoms. The average molecular weight is 187 g/mol. The van der Waals surface area contributed by atoms with Crippen molar-refractivity contribution in [2.45, 2.75) is 13.0 Å². The molecule has 0 aliphatic carbocycles. The Kier molecular flexibility index (Phi) is 2.23. The maximum atomic E-state index is 5.89. The van der Waals surface area contributed by atoms with Crippen molar-refractivity contribution in [2.75, 3.05) is 5.73 Å². The number of nitrogen functional groups attached to an aromatic ring is 1. The first kappa shape index (κ1) is 8.81. The Morgan fingerprint density at radius 2 is 2.07 bits per heavy atom. The number of para-hydroxylation sites is 1. The molecule has 1 aromatic carbocycles. The van der Waals surface area contributed by atoms with Gasteiger partial charge in [-0.15, -0.1) is 0 Å². The van der Waals surface area contributed by atoms with Gasteiger partial charge in [0.25, 0.3) is 0 Å². The predicted octanol–water partition coefficient (Wildman–Crippen LogP) is 2.07. The van der Waals surface area contributed by atoms with Gasteiger partial charge in [-0.1, -0.05) is 18.2 Å². The van der Waals surface area contributed by atoms with Gasteiger partial charge in [0.1, 0.15) is 0 Å². The van der Waals surface area contributed by atoms with E-state index in [2.05, 4.69) is 12.0 Å². The molecule has 3 nitrogen and oxygen atoms in total. The van der Waals surface area contributed by atoms with Crippen molar-refractivity contribution in [3.05, 3.63) is 48.3 Å². The smallest absolute Gasteiger partial charge is 0.0760 e. The summed E-state index contributed by atoms with van der Waals surface area (Å²) >= 11 is 0. The summed E-state index contributed by atoms with van der Waals surface area (Å²) in [5, 5.41) is 4.19. The van der Waals surface area contributed by atoms with E-state index in [1.807, 2.05) is 41.2 Å². The molecule has 0 bridgehead atoms. The summed E-state index contributed by atoms with van der Waals surface area (Å²) < 4.78 is 1.89. The van der Waals surface area contributed by atoms with Crippen molar-refractivity contribution < 1.29 is 0 Å². The highest BCUT2D eigenvalue weighted by atomic mass is 15.3. The molecule has 0 fully saturated rings. The lowest BCUT2D eigenvalue weighted by Crippen LogP contribution is -2.09. The normalized spacial score (nSPS) is 12.6. The van der Waals surface area contributed by atoms with Crippen LogP contribution in [-0.2, 0) is 0 Å². The topological polar surface area (TPSA) is 43.8 Å². The first-order valence-electron chi connectivity index (χ1n) is 4.62. The van der Waals surface area contributed by atoms with E-state index in [0.29, 0.717) is 0 Å². The number of aromatic nitrogens is 2. The predicted molar refractivity (Wildman–Crippen MR) is 56.9 cm³/mol. The summed E-state index contributed by atoms with van der Waals surface area (Å²) in [4.78, 5) is 0. The highest BCUT2D eigenvalue weighted by Crippen LogP contribution is 2.22. The number of benzene rings is 1. The van der Waals surface area contributed by atoms with Gasteiger partial charge in [0.05, 0.1) is 6.04 Å². The molecule has 0 radical (unpaired) electrons. The van der Waals surface area contributed by atoms with Crippen LogP contribution in [0.2, 0.25) is 0 Å². The van der Waals surface area contributed by atoms with Gasteiger partial charge in [0.15, 0.2) is 0 Å². The van der Waals surface area contributed by atoms with Gasteiger partial charge in [0.2, 0.25) is 0 Å². The van der Waals surface area contributed by atoms with E-state index in [4.69, 9.17) is 5.73 Å². The van der Waals surface area contributed by atoms with Gasteiger partial charge in [-0.3, -0.25) is 4.68 Å². The summed E-state index contributed by atoms with van der Waals surface area (Å²) in [5.41, 5.74) is 7.81. The van der Waals surface area contributed by atoms with Crippen molar-refractivity contribution in [2.24, 2.45) is 0 Å². The Hall–Kier alpha value is -1.77. The number of hydrogen-bond donors (Lipinski definition) is 1. The summed E-state index contributed by atoms with van der Waals surface area (Å²) in [6.07, 6.45) is 3.72. The van der Waals surface area contributed by atoms with E-state index < -0.39 is 0 Å². The van der Waals surface area contributed by atoms with Crippen molar-refractivity contribution >= 4 is 5.69 Å². The van der Waals surface area contributed by atoms with Crippen LogP contribution in [0.25, 0.3) is 0 Å². The summed E-state index contributed by atoms with van der Waals surface area (Å²) in [5.74, 6) is 0. The maximum absolute atomic E-state index is 5.89. The van der Waals surface area contributed by atoms with Crippen LogP contribution >= 0.6 is 0 Å². The Morgan fingerprint density at radius 1 is 1.29 bits per heavy atom. The molecule has 1 atom stereocenters. The molecule has 0 aliphatic heterocycles. The molecule has 2 N–H and O–H groups in total. The average Bonchev–Trinajstić information content (AvgIpc) is 2.70. The molecule has 14 heavy (non-hydrogen) atoms. The fraction of sp³-hybridized carbons (Fsp3) is 0.182. The van der Waals surface area contributed by atoms with E-state index in [1.54, 1.807) is 6.20 Å². The summed E-state index contributed by atoms with van der Waals surface area (Å²) in [6, 6.07) is 9.97. The third-order valence-corrected chi connectivity index (χ3v) is 2.37. The number of anilines is 1. The van der Waals surface area contributed by atoms with Gasteiger partial charge in [-0.05, 0) is 24.6 Å². The largest absolute Gasteiger partial charge is 0.398 e. The molecular formula is C11H13N3. The van der Waals surface area contributed by atoms with Crippen LogP contribution in [0.3, 0.4) is 0 Å². The second-order valence-electron chi connectivity index (χ2n) is 3.29. The maximum Gasteiger partial charge on any atom is 0.0760 e. The van der Waals surface area contributed by atoms with Crippen LogP contribution in [0.15, 0.2) is 42.7 Å². The summed E-state index contributed by atoms with van der Waals surface area (Å²) in [7, 11) is 0. The number of nitrogens with zero attached hydrogens (tertiary/aromatic N) is 2. The molecule has 3 heteroatoms. The van der Waals surface area contributed by atoms with Crippen LogP contribution in [-0.4, -0.2) is 9.78 Å². The fourth-order valence-corrected chi connectivity index (χ4v) is 1.54. The van der Waals surface area contributed by atoms with E-state index in [9.17, 15) is 0 Å². The van der Waals surface area contributed by atoms with Crippen molar-refractivity contribution in [1.29, 1.82) is 0 Å². The molecule has 0 saturated carbocycles. The molecule has 1 heterocycles. The minimum Gasteiger partial charge on any atom is -0.398 e. The Labute approximate surface area is 83.2 Å². The zero-order chi connectivity index (χ0) is 9.97. The van der Waals surface area contributed by atoms with Crippen LogP contribution < -0.4 is 5.73 Å². The lowest BCUT2D eigenvalue weighted by Gasteiger charge is -2.14. The van der Waals surface area contributed by atoms with Crippen LogP contribution in [0.4, 0.5) is 5.69 Å².